The Labute approximate surface area is 185 Å². The van der Waals surface area contributed by atoms with Crippen molar-refractivity contribution in [2.24, 2.45) is 0 Å². The van der Waals surface area contributed by atoms with Crippen molar-refractivity contribution in [3.8, 4) is 0 Å². The molecular weight excluding hydrogens is 395 g/mol. The highest BCUT2D eigenvalue weighted by molar-refractivity contribution is 5.52. The van der Waals surface area contributed by atoms with Crippen LogP contribution in [-0.4, -0.2) is 71.5 Å². The monoisotopic (exact) mass is 430 g/mol. The van der Waals surface area contributed by atoms with Gasteiger partial charge in [-0.05, 0) is 44.9 Å². The van der Waals surface area contributed by atoms with E-state index in [0.29, 0.717) is 19.6 Å². The van der Waals surface area contributed by atoms with E-state index in [-0.39, 0.29) is 11.9 Å². The minimum absolute atomic E-state index is 0.125. The van der Waals surface area contributed by atoms with Crippen LogP contribution in [0.1, 0.15) is 43.4 Å². The first-order valence-corrected chi connectivity index (χ1v) is 11.2. The maximum atomic E-state index is 13.3. The average molecular weight is 431 g/mol. The van der Waals surface area contributed by atoms with Gasteiger partial charge in [-0.1, -0.05) is 19.1 Å². The third-order valence-corrected chi connectivity index (χ3v) is 5.57. The SMILES string of the molecule is CCc1nc(C)nc(N2CCN(C[C@H](O)COC(C)C)CC2)c1Cc1ccc(F)cc1. The zero-order chi connectivity index (χ0) is 22.4. The molecule has 2 heterocycles. The van der Waals surface area contributed by atoms with Gasteiger partial charge in [0.1, 0.15) is 17.5 Å². The molecule has 1 aliphatic rings. The van der Waals surface area contributed by atoms with E-state index in [4.69, 9.17) is 9.72 Å². The zero-order valence-electron chi connectivity index (χ0n) is 19.1. The number of β-amino-alcohol motifs (C(OH)–C–C–N with tert-alkyl or cyclic N) is 1. The maximum absolute atomic E-state index is 13.3. The number of piperazine rings is 1. The average Bonchev–Trinajstić information content (AvgIpc) is 2.75. The summed E-state index contributed by atoms with van der Waals surface area (Å²) in [6, 6.07) is 6.67. The molecule has 0 saturated carbocycles. The molecule has 0 bridgehead atoms. The third-order valence-electron chi connectivity index (χ3n) is 5.57. The Bertz CT molecular complexity index is 836. The minimum Gasteiger partial charge on any atom is -0.389 e. The van der Waals surface area contributed by atoms with Crippen LogP contribution in [0.15, 0.2) is 24.3 Å². The number of nitrogens with zero attached hydrogens (tertiary/aromatic N) is 4. The number of rotatable bonds is 9. The van der Waals surface area contributed by atoms with Crippen LogP contribution in [0.5, 0.6) is 0 Å². The Hall–Kier alpha value is -2.09. The van der Waals surface area contributed by atoms with E-state index in [1.165, 1.54) is 12.1 Å². The number of aromatic nitrogens is 2. The summed E-state index contributed by atoms with van der Waals surface area (Å²) in [5.41, 5.74) is 3.23. The largest absolute Gasteiger partial charge is 0.389 e. The van der Waals surface area contributed by atoms with Gasteiger partial charge in [-0.25, -0.2) is 14.4 Å². The summed E-state index contributed by atoms with van der Waals surface area (Å²) < 4.78 is 18.9. The number of aliphatic hydroxyl groups excluding tert-OH is 1. The van der Waals surface area contributed by atoms with Gasteiger partial charge in [0.25, 0.3) is 0 Å². The summed E-state index contributed by atoms with van der Waals surface area (Å²) >= 11 is 0. The normalized spacial score (nSPS) is 16.2. The van der Waals surface area contributed by atoms with Gasteiger partial charge >= 0.3 is 0 Å². The fourth-order valence-electron chi connectivity index (χ4n) is 3.98. The third kappa shape index (κ3) is 6.69. The van der Waals surface area contributed by atoms with Crippen molar-refractivity contribution in [3.05, 3.63) is 52.7 Å². The smallest absolute Gasteiger partial charge is 0.136 e. The number of halogens is 1. The van der Waals surface area contributed by atoms with Crippen LogP contribution in [0.2, 0.25) is 0 Å². The maximum Gasteiger partial charge on any atom is 0.136 e. The summed E-state index contributed by atoms with van der Waals surface area (Å²) in [4.78, 5) is 14.1. The minimum atomic E-state index is -0.476. The van der Waals surface area contributed by atoms with E-state index >= 15 is 0 Å². The van der Waals surface area contributed by atoms with Crippen LogP contribution in [0.3, 0.4) is 0 Å². The summed E-state index contributed by atoms with van der Waals surface area (Å²) in [6.45, 7) is 12.4. The molecule has 170 valence electrons. The van der Waals surface area contributed by atoms with Crippen LogP contribution < -0.4 is 4.90 Å². The molecule has 0 radical (unpaired) electrons. The highest BCUT2D eigenvalue weighted by atomic mass is 19.1. The Morgan fingerprint density at radius 3 is 2.39 bits per heavy atom. The molecule has 6 nitrogen and oxygen atoms in total. The van der Waals surface area contributed by atoms with E-state index < -0.39 is 6.10 Å². The lowest BCUT2D eigenvalue weighted by atomic mass is 10.0. The molecule has 1 fully saturated rings. The second kappa shape index (κ2) is 11.0. The number of aliphatic hydroxyl groups is 1. The molecule has 2 aromatic rings. The molecule has 0 unspecified atom stereocenters. The Balaban J connectivity index is 1.71. The molecule has 1 aromatic heterocycles. The molecular formula is C24H35FN4O2. The first-order chi connectivity index (χ1) is 14.9. The summed E-state index contributed by atoms with van der Waals surface area (Å²) in [5.74, 6) is 1.53. The molecule has 3 rings (SSSR count). The fourth-order valence-corrected chi connectivity index (χ4v) is 3.98. The highest BCUT2D eigenvalue weighted by Crippen LogP contribution is 2.26. The second-order valence-corrected chi connectivity index (χ2v) is 8.50. The van der Waals surface area contributed by atoms with E-state index in [1.54, 1.807) is 0 Å². The molecule has 1 aliphatic heterocycles. The van der Waals surface area contributed by atoms with Gasteiger partial charge in [0, 0.05) is 50.4 Å². The van der Waals surface area contributed by atoms with Crippen molar-refractivity contribution in [3.63, 3.8) is 0 Å². The van der Waals surface area contributed by atoms with Crippen LogP contribution >= 0.6 is 0 Å². The van der Waals surface area contributed by atoms with Gasteiger partial charge in [0.05, 0.1) is 18.8 Å². The van der Waals surface area contributed by atoms with Gasteiger partial charge in [-0.15, -0.1) is 0 Å². The molecule has 0 spiro atoms. The fraction of sp³-hybridized carbons (Fsp3) is 0.583. The van der Waals surface area contributed by atoms with E-state index in [1.807, 2.05) is 32.9 Å². The molecule has 1 atom stereocenters. The lowest BCUT2D eigenvalue weighted by molar-refractivity contribution is -0.00901. The number of benzene rings is 1. The zero-order valence-corrected chi connectivity index (χ0v) is 19.1. The Morgan fingerprint density at radius 1 is 1.10 bits per heavy atom. The molecule has 1 saturated heterocycles. The Kier molecular flexibility index (Phi) is 8.35. The number of aryl methyl sites for hydroxylation is 2. The molecule has 1 aromatic carbocycles. The van der Waals surface area contributed by atoms with Crippen molar-refractivity contribution < 1.29 is 14.2 Å². The standard InChI is InChI=1S/C24H35FN4O2/c1-5-23-22(14-19-6-8-20(25)9-7-19)24(27-18(4)26-23)29-12-10-28(11-13-29)15-21(30)16-31-17(2)3/h6-9,17,21,30H,5,10-16H2,1-4H3/t21-/m0/s1. The van der Waals surface area contributed by atoms with Gasteiger partial charge < -0.3 is 14.7 Å². The molecule has 1 N–H and O–H groups in total. The van der Waals surface area contributed by atoms with Gasteiger partial charge in [0.15, 0.2) is 0 Å². The molecule has 7 heteroatoms. The molecule has 31 heavy (non-hydrogen) atoms. The first-order valence-electron chi connectivity index (χ1n) is 11.2. The lowest BCUT2D eigenvalue weighted by Crippen LogP contribution is -2.49. The topological polar surface area (TPSA) is 61.7 Å². The van der Waals surface area contributed by atoms with Crippen LogP contribution in [-0.2, 0) is 17.6 Å². The summed E-state index contributed by atoms with van der Waals surface area (Å²) in [7, 11) is 0. The van der Waals surface area contributed by atoms with E-state index in [9.17, 15) is 9.50 Å². The van der Waals surface area contributed by atoms with E-state index in [2.05, 4.69) is 21.7 Å². The number of hydrogen-bond donors (Lipinski definition) is 1. The van der Waals surface area contributed by atoms with Gasteiger partial charge in [-0.3, -0.25) is 4.90 Å². The Morgan fingerprint density at radius 2 is 1.77 bits per heavy atom. The summed E-state index contributed by atoms with van der Waals surface area (Å²) in [6.07, 6.45) is 1.16. The molecule has 0 aliphatic carbocycles. The van der Waals surface area contributed by atoms with Crippen molar-refractivity contribution >= 4 is 5.82 Å². The highest BCUT2D eigenvalue weighted by Gasteiger charge is 2.24. The van der Waals surface area contributed by atoms with Gasteiger partial charge in [-0.2, -0.15) is 0 Å². The van der Waals surface area contributed by atoms with Crippen molar-refractivity contribution in [2.45, 2.75) is 52.7 Å². The summed E-state index contributed by atoms with van der Waals surface area (Å²) in [5, 5.41) is 10.2. The second-order valence-electron chi connectivity index (χ2n) is 8.50. The van der Waals surface area contributed by atoms with Crippen LogP contribution in [0.25, 0.3) is 0 Å². The number of anilines is 1. The van der Waals surface area contributed by atoms with Crippen LogP contribution in [0, 0.1) is 12.7 Å². The van der Waals surface area contributed by atoms with Crippen LogP contribution in [0.4, 0.5) is 10.2 Å². The predicted octanol–water partition coefficient (Wildman–Crippen LogP) is 2.99. The first kappa shape index (κ1) is 23.6. The van der Waals surface area contributed by atoms with Crippen molar-refractivity contribution in [2.75, 3.05) is 44.2 Å². The predicted molar refractivity (Wildman–Crippen MR) is 121 cm³/mol. The van der Waals surface area contributed by atoms with Gasteiger partial charge in [0.2, 0.25) is 0 Å². The van der Waals surface area contributed by atoms with Crippen molar-refractivity contribution in [1.29, 1.82) is 0 Å². The lowest BCUT2D eigenvalue weighted by Gasteiger charge is -2.37. The van der Waals surface area contributed by atoms with Crippen molar-refractivity contribution in [1.82, 2.24) is 14.9 Å². The quantitative estimate of drug-likeness (QED) is 0.660. The molecule has 0 amide bonds. The number of hydrogen-bond acceptors (Lipinski definition) is 6. The van der Waals surface area contributed by atoms with E-state index in [0.717, 1.165) is 61.1 Å². The number of ether oxygens (including phenoxy) is 1.